The lowest BCUT2D eigenvalue weighted by atomic mass is 9.97. The van der Waals surface area contributed by atoms with Crippen LogP contribution in [0.5, 0.6) is 0 Å². The minimum Gasteiger partial charge on any atom is -0.396 e. The van der Waals surface area contributed by atoms with E-state index in [4.69, 9.17) is 25.2 Å². The first-order valence-electron chi connectivity index (χ1n) is 13.4. The second-order valence-corrected chi connectivity index (χ2v) is 10.5. The Morgan fingerprint density at radius 1 is 0.531 bits per heavy atom. The van der Waals surface area contributed by atoms with Crippen molar-refractivity contribution in [2.45, 2.75) is 136 Å². The van der Waals surface area contributed by atoms with Crippen LogP contribution in [0.1, 0.15) is 130 Å². The van der Waals surface area contributed by atoms with Crippen LogP contribution in [0.25, 0.3) is 0 Å². The molecule has 0 amide bonds. The van der Waals surface area contributed by atoms with Gasteiger partial charge in [0.15, 0.2) is 0 Å². The standard InChI is InChI=1S/C23H48O2.C4H10O3/c1-4-5-6-7-8-9-10-11-12-13-14-15-16-17-18-19-20-25-22-23(2,3)21-24;1-4(7,2-5)3-6/h24H,4-22H2,1-3H3;5-7H,2-3H2,1H3. The number of hydrogen-bond acceptors (Lipinski definition) is 5. The number of aliphatic hydroxyl groups is 4. The highest BCUT2D eigenvalue weighted by molar-refractivity contribution is 4.67. The third-order valence-corrected chi connectivity index (χ3v) is 5.74. The zero-order valence-electron chi connectivity index (χ0n) is 22.0. The van der Waals surface area contributed by atoms with Gasteiger partial charge in [-0.15, -0.1) is 0 Å². The van der Waals surface area contributed by atoms with Gasteiger partial charge in [0.1, 0.15) is 5.60 Å². The SMILES string of the molecule is CC(O)(CO)CO.CCCCCCCCCCCCCCCCCCOCC(C)(C)CO. The second kappa shape index (κ2) is 23.9. The summed E-state index contributed by atoms with van der Waals surface area (Å²) in [5, 5.41) is 34.2. The van der Waals surface area contributed by atoms with Gasteiger partial charge in [0, 0.05) is 12.0 Å². The van der Waals surface area contributed by atoms with E-state index in [9.17, 15) is 0 Å². The van der Waals surface area contributed by atoms with Crippen molar-refractivity contribution in [3.8, 4) is 0 Å². The molecule has 0 bridgehead atoms. The molecular weight excluding hydrogens is 404 g/mol. The van der Waals surface area contributed by atoms with Gasteiger partial charge in [-0.1, -0.05) is 117 Å². The molecule has 0 fully saturated rings. The smallest absolute Gasteiger partial charge is 0.108 e. The van der Waals surface area contributed by atoms with E-state index in [1.165, 1.54) is 110 Å². The van der Waals surface area contributed by atoms with Crippen LogP contribution in [-0.2, 0) is 4.74 Å². The van der Waals surface area contributed by atoms with Crippen LogP contribution in [0.4, 0.5) is 0 Å². The molecule has 0 atom stereocenters. The lowest BCUT2D eigenvalue weighted by Crippen LogP contribution is -2.33. The fourth-order valence-corrected chi connectivity index (χ4v) is 3.20. The van der Waals surface area contributed by atoms with Crippen LogP contribution in [0.2, 0.25) is 0 Å². The first-order chi connectivity index (χ1) is 15.2. The summed E-state index contributed by atoms with van der Waals surface area (Å²) in [6.45, 7) is 8.65. The third-order valence-electron chi connectivity index (χ3n) is 5.74. The number of rotatable bonds is 22. The Labute approximate surface area is 200 Å². The van der Waals surface area contributed by atoms with Gasteiger partial charge in [0.2, 0.25) is 0 Å². The van der Waals surface area contributed by atoms with Crippen molar-refractivity contribution in [2.75, 3.05) is 33.0 Å². The van der Waals surface area contributed by atoms with E-state index in [-0.39, 0.29) is 12.0 Å². The van der Waals surface area contributed by atoms with E-state index in [1.54, 1.807) is 0 Å². The molecule has 0 radical (unpaired) electrons. The molecule has 5 heteroatoms. The van der Waals surface area contributed by atoms with Gasteiger partial charge in [-0.25, -0.2) is 0 Å². The largest absolute Gasteiger partial charge is 0.396 e. The van der Waals surface area contributed by atoms with Crippen LogP contribution >= 0.6 is 0 Å². The zero-order chi connectivity index (χ0) is 24.6. The van der Waals surface area contributed by atoms with Crippen molar-refractivity contribution in [3.63, 3.8) is 0 Å². The fraction of sp³-hybridized carbons (Fsp3) is 1.00. The molecular formula is C27H58O5. The molecule has 0 unspecified atom stereocenters. The van der Waals surface area contributed by atoms with Crippen LogP contribution in [-0.4, -0.2) is 59.1 Å². The van der Waals surface area contributed by atoms with E-state index < -0.39 is 18.8 Å². The van der Waals surface area contributed by atoms with Crippen molar-refractivity contribution < 1.29 is 25.2 Å². The number of hydrogen-bond donors (Lipinski definition) is 4. The summed E-state index contributed by atoms with van der Waals surface area (Å²) in [6, 6.07) is 0. The van der Waals surface area contributed by atoms with Crippen LogP contribution in [0.15, 0.2) is 0 Å². The first kappa shape index (κ1) is 34.0. The van der Waals surface area contributed by atoms with Gasteiger partial charge in [0.25, 0.3) is 0 Å². The third kappa shape index (κ3) is 27.8. The number of aliphatic hydroxyl groups excluding tert-OH is 3. The first-order valence-corrected chi connectivity index (χ1v) is 13.4. The molecule has 0 spiro atoms. The molecule has 0 aliphatic rings. The Balaban J connectivity index is 0. The summed E-state index contributed by atoms with van der Waals surface area (Å²) in [5.41, 5.74) is -1.39. The molecule has 0 aliphatic heterocycles. The molecule has 0 aromatic heterocycles. The van der Waals surface area contributed by atoms with Crippen molar-refractivity contribution in [2.24, 2.45) is 5.41 Å². The summed E-state index contributed by atoms with van der Waals surface area (Å²) in [5.74, 6) is 0. The Hall–Kier alpha value is -0.200. The maximum absolute atomic E-state index is 9.16. The van der Waals surface area contributed by atoms with Gasteiger partial charge in [-0.3, -0.25) is 0 Å². The van der Waals surface area contributed by atoms with Crippen molar-refractivity contribution in [1.29, 1.82) is 0 Å². The Morgan fingerprint density at radius 2 is 0.875 bits per heavy atom. The Bertz CT molecular complexity index is 352. The molecule has 4 N–H and O–H groups in total. The minimum absolute atomic E-state index is 0.0882. The summed E-state index contributed by atoms with van der Waals surface area (Å²) in [6.07, 6.45) is 22.4. The maximum atomic E-state index is 9.16. The van der Waals surface area contributed by atoms with Gasteiger partial charge in [-0.05, 0) is 13.3 Å². The van der Waals surface area contributed by atoms with E-state index in [2.05, 4.69) is 6.92 Å². The van der Waals surface area contributed by atoms with Gasteiger partial charge in [-0.2, -0.15) is 0 Å². The lowest BCUT2D eigenvalue weighted by molar-refractivity contribution is -0.0399. The van der Waals surface area contributed by atoms with Gasteiger partial charge < -0.3 is 25.2 Å². The molecule has 0 saturated carbocycles. The molecule has 0 aliphatic carbocycles. The Morgan fingerprint density at radius 3 is 1.16 bits per heavy atom. The summed E-state index contributed by atoms with van der Waals surface area (Å²) in [7, 11) is 0. The Kier molecular flexibility index (Phi) is 25.4. The molecule has 0 aromatic carbocycles. The van der Waals surface area contributed by atoms with E-state index >= 15 is 0 Å². The number of ether oxygens (including phenoxy) is 1. The molecule has 0 rings (SSSR count). The van der Waals surface area contributed by atoms with Crippen molar-refractivity contribution in [1.82, 2.24) is 0 Å². The fourth-order valence-electron chi connectivity index (χ4n) is 3.20. The topological polar surface area (TPSA) is 90.2 Å². The molecule has 0 heterocycles. The predicted octanol–water partition coefficient (Wildman–Crippen LogP) is 6.01. The second-order valence-electron chi connectivity index (χ2n) is 10.5. The zero-order valence-corrected chi connectivity index (χ0v) is 22.0. The highest BCUT2D eigenvalue weighted by atomic mass is 16.5. The monoisotopic (exact) mass is 462 g/mol. The van der Waals surface area contributed by atoms with E-state index in [1.807, 2.05) is 13.8 Å². The molecule has 196 valence electrons. The molecule has 5 nitrogen and oxygen atoms in total. The molecule has 32 heavy (non-hydrogen) atoms. The summed E-state index contributed by atoms with van der Waals surface area (Å²) in [4.78, 5) is 0. The summed E-state index contributed by atoms with van der Waals surface area (Å²) >= 11 is 0. The van der Waals surface area contributed by atoms with Gasteiger partial charge in [0.05, 0.1) is 26.4 Å². The summed E-state index contributed by atoms with van der Waals surface area (Å²) < 4.78 is 5.65. The maximum Gasteiger partial charge on any atom is 0.108 e. The normalized spacial score (nSPS) is 12.0. The minimum atomic E-state index is -1.31. The number of unbranched alkanes of at least 4 members (excludes halogenated alkanes) is 15. The average molecular weight is 463 g/mol. The van der Waals surface area contributed by atoms with Crippen LogP contribution < -0.4 is 0 Å². The van der Waals surface area contributed by atoms with Crippen LogP contribution in [0.3, 0.4) is 0 Å². The van der Waals surface area contributed by atoms with Gasteiger partial charge >= 0.3 is 0 Å². The highest BCUT2D eigenvalue weighted by Gasteiger charge is 2.16. The van der Waals surface area contributed by atoms with Crippen LogP contribution in [0, 0.1) is 5.41 Å². The van der Waals surface area contributed by atoms with E-state index in [0.29, 0.717) is 6.61 Å². The highest BCUT2D eigenvalue weighted by Crippen LogP contribution is 2.15. The molecule has 0 aromatic rings. The average Bonchev–Trinajstić information content (AvgIpc) is 2.78. The van der Waals surface area contributed by atoms with Crippen molar-refractivity contribution in [3.05, 3.63) is 0 Å². The predicted molar refractivity (Wildman–Crippen MR) is 136 cm³/mol. The van der Waals surface area contributed by atoms with Crippen molar-refractivity contribution >= 4 is 0 Å². The lowest BCUT2D eigenvalue weighted by Gasteiger charge is -2.21. The quantitative estimate of drug-likeness (QED) is 0.148. The van der Waals surface area contributed by atoms with E-state index in [0.717, 1.165) is 6.61 Å². The molecule has 0 saturated heterocycles.